The van der Waals surface area contributed by atoms with Crippen molar-refractivity contribution >= 4 is 33.4 Å². The van der Waals surface area contributed by atoms with E-state index in [0.29, 0.717) is 0 Å². The van der Waals surface area contributed by atoms with Gasteiger partial charge in [-0.15, -0.1) is 0 Å². The number of carbonyl (C=O) groups is 1. The largest absolute Gasteiger partial charge is 0.308 e. The summed E-state index contributed by atoms with van der Waals surface area (Å²) in [6.45, 7) is 6.33. The van der Waals surface area contributed by atoms with Crippen LogP contribution < -0.4 is 4.90 Å². The van der Waals surface area contributed by atoms with Gasteiger partial charge in [-0.3, -0.25) is 4.79 Å². The number of pyridine rings is 1. The molecule has 2 aliphatic rings. The normalized spacial score (nSPS) is 17.4. The second-order valence-electron chi connectivity index (χ2n) is 7.89. The number of nitrogens with zero attached hydrogens (tertiary/aromatic N) is 3. The molecule has 0 spiro atoms. The number of aromatic nitrogens is 1. The number of amides is 1. The maximum atomic E-state index is 13.4. The van der Waals surface area contributed by atoms with Crippen molar-refractivity contribution in [1.29, 1.82) is 0 Å². The summed E-state index contributed by atoms with van der Waals surface area (Å²) >= 11 is 0. The maximum Gasteiger partial charge on any atom is 0.259 e. The molecule has 0 atom stereocenters. The molecule has 1 saturated heterocycles. The Hall–Kier alpha value is -2.46. The summed E-state index contributed by atoms with van der Waals surface area (Å²) in [6.07, 6.45) is 4.99. The molecule has 1 fully saturated rings. The van der Waals surface area contributed by atoms with Crippen molar-refractivity contribution in [2.45, 2.75) is 32.6 Å². The van der Waals surface area contributed by atoms with Crippen molar-refractivity contribution in [1.82, 2.24) is 9.88 Å². The first kappa shape index (κ1) is 16.7. The molecule has 4 nitrogen and oxygen atoms in total. The van der Waals surface area contributed by atoms with Gasteiger partial charge in [-0.1, -0.05) is 24.1 Å². The van der Waals surface area contributed by atoms with Crippen LogP contribution in [0.25, 0.3) is 21.8 Å². The van der Waals surface area contributed by atoms with E-state index in [4.69, 9.17) is 4.98 Å². The van der Waals surface area contributed by atoms with E-state index >= 15 is 0 Å². The predicted molar refractivity (Wildman–Crippen MR) is 111 cm³/mol. The van der Waals surface area contributed by atoms with E-state index in [1.807, 2.05) is 23.1 Å². The highest BCUT2D eigenvalue weighted by Gasteiger charge is 2.32. The van der Waals surface area contributed by atoms with Crippen LogP contribution in [0.2, 0.25) is 0 Å². The van der Waals surface area contributed by atoms with E-state index in [1.165, 1.54) is 32.4 Å². The third-order valence-electron chi connectivity index (χ3n) is 5.99. The standard InChI is InChI=1S/C23H25N3O/c1-16-9-10-18-17(15-16)21-22-19(24-18)7-5-8-20(22)26(23(21)27)14-6-13-25-11-3-2-4-12-25/h5,7-10,15H,2-4,6,11-14H2,1H3. The summed E-state index contributed by atoms with van der Waals surface area (Å²) < 4.78 is 0. The molecule has 4 heteroatoms. The first-order valence-corrected chi connectivity index (χ1v) is 10.1. The average molecular weight is 359 g/mol. The maximum absolute atomic E-state index is 13.4. The number of hydrogen-bond donors (Lipinski definition) is 0. The molecule has 0 saturated carbocycles. The zero-order valence-corrected chi connectivity index (χ0v) is 15.9. The zero-order valence-electron chi connectivity index (χ0n) is 15.9. The van der Waals surface area contributed by atoms with Gasteiger partial charge in [0.1, 0.15) is 0 Å². The number of rotatable bonds is 4. The molecule has 138 valence electrons. The minimum Gasteiger partial charge on any atom is -0.308 e. The van der Waals surface area contributed by atoms with Crippen LogP contribution in [0.3, 0.4) is 0 Å². The van der Waals surface area contributed by atoms with Gasteiger partial charge < -0.3 is 9.80 Å². The number of piperidine rings is 1. The second kappa shape index (κ2) is 6.61. The summed E-state index contributed by atoms with van der Waals surface area (Å²) in [4.78, 5) is 22.7. The summed E-state index contributed by atoms with van der Waals surface area (Å²) in [5, 5.41) is 2.01. The summed E-state index contributed by atoms with van der Waals surface area (Å²) in [5.74, 6) is 0.137. The van der Waals surface area contributed by atoms with Gasteiger partial charge in [-0.25, -0.2) is 4.98 Å². The molecule has 2 aromatic carbocycles. The van der Waals surface area contributed by atoms with Crippen LogP contribution in [0.4, 0.5) is 5.69 Å². The molecule has 2 aliphatic heterocycles. The van der Waals surface area contributed by atoms with Crippen LogP contribution in [0, 0.1) is 6.92 Å². The number of anilines is 1. The fraction of sp³-hybridized carbons (Fsp3) is 0.391. The van der Waals surface area contributed by atoms with Gasteiger partial charge >= 0.3 is 0 Å². The topological polar surface area (TPSA) is 36.4 Å². The van der Waals surface area contributed by atoms with E-state index in [0.717, 1.165) is 58.1 Å². The van der Waals surface area contributed by atoms with E-state index in [-0.39, 0.29) is 5.91 Å². The van der Waals surface area contributed by atoms with Crippen molar-refractivity contribution in [3.8, 4) is 0 Å². The van der Waals surface area contributed by atoms with Crippen LogP contribution in [0.5, 0.6) is 0 Å². The van der Waals surface area contributed by atoms with Crippen LogP contribution in [0.1, 0.15) is 41.6 Å². The van der Waals surface area contributed by atoms with Crippen molar-refractivity contribution in [2.24, 2.45) is 0 Å². The zero-order chi connectivity index (χ0) is 18.4. The molecule has 5 rings (SSSR count). The minimum absolute atomic E-state index is 0.137. The van der Waals surface area contributed by atoms with Crippen LogP contribution in [0.15, 0.2) is 36.4 Å². The van der Waals surface area contributed by atoms with Crippen LogP contribution >= 0.6 is 0 Å². The SMILES string of the molecule is Cc1ccc2nc3cccc4c3c(c2c1)C(=O)N4CCCN1CCCCC1. The molecule has 0 radical (unpaired) electrons. The fourth-order valence-electron chi connectivity index (χ4n) is 4.64. The Morgan fingerprint density at radius 1 is 1.00 bits per heavy atom. The first-order chi connectivity index (χ1) is 13.2. The molecule has 0 aliphatic carbocycles. The number of fused-ring (bicyclic) bond motifs is 2. The summed E-state index contributed by atoms with van der Waals surface area (Å²) in [6, 6.07) is 12.3. The van der Waals surface area contributed by atoms with Crippen molar-refractivity contribution in [2.75, 3.05) is 31.1 Å². The Kier molecular flexibility index (Phi) is 4.09. The van der Waals surface area contributed by atoms with E-state index < -0.39 is 0 Å². The first-order valence-electron chi connectivity index (χ1n) is 10.1. The lowest BCUT2D eigenvalue weighted by Gasteiger charge is -2.27. The Balaban J connectivity index is 1.49. The third-order valence-corrected chi connectivity index (χ3v) is 5.99. The molecule has 1 aromatic heterocycles. The van der Waals surface area contributed by atoms with Gasteiger partial charge in [0, 0.05) is 17.3 Å². The Labute approximate surface area is 159 Å². The van der Waals surface area contributed by atoms with E-state index in [1.54, 1.807) is 0 Å². The van der Waals surface area contributed by atoms with E-state index in [2.05, 4.69) is 30.0 Å². The average Bonchev–Trinajstić information content (AvgIpc) is 2.97. The van der Waals surface area contributed by atoms with Gasteiger partial charge in [-0.05, 0) is 70.1 Å². The number of aryl methyl sites for hydroxylation is 1. The van der Waals surface area contributed by atoms with Crippen LogP contribution in [-0.2, 0) is 0 Å². The lowest BCUT2D eigenvalue weighted by Crippen LogP contribution is -2.34. The number of carbonyl (C=O) groups excluding carboxylic acids is 1. The highest BCUT2D eigenvalue weighted by molar-refractivity contribution is 6.30. The summed E-state index contributed by atoms with van der Waals surface area (Å²) in [5.41, 5.74) is 4.86. The van der Waals surface area contributed by atoms with Crippen LogP contribution in [-0.4, -0.2) is 42.0 Å². The van der Waals surface area contributed by atoms with Gasteiger partial charge in [0.05, 0.1) is 22.3 Å². The smallest absolute Gasteiger partial charge is 0.259 e. The van der Waals surface area contributed by atoms with E-state index in [9.17, 15) is 4.79 Å². The minimum atomic E-state index is 0.137. The molecule has 3 aromatic rings. The van der Waals surface area contributed by atoms with Gasteiger partial charge in [0.2, 0.25) is 0 Å². The molecule has 1 amide bonds. The monoisotopic (exact) mass is 359 g/mol. The molecule has 3 heterocycles. The molecule has 0 unspecified atom stereocenters. The molecule has 0 N–H and O–H groups in total. The molecular weight excluding hydrogens is 334 g/mol. The number of benzene rings is 2. The molecular formula is C23H25N3O. The predicted octanol–water partition coefficient (Wildman–Crippen LogP) is 4.53. The lowest BCUT2D eigenvalue weighted by molar-refractivity contribution is 0.0993. The lowest BCUT2D eigenvalue weighted by atomic mass is 10.0. The van der Waals surface area contributed by atoms with Crippen molar-refractivity contribution < 1.29 is 4.79 Å². The fourth-order valence-corrected chi connectivity index (χ4v) is 4.64. The number of likely N-dealkylation sites (tertiary alicyclic amines) is 1. The van der Waals surface area contributed by atoms with Crippen molar-refractivity contribution in [3.63, 3.8) is 0 Å². The Morgan fingerprint density at radius 2 is 1.85 bits per heavy atom. The summed E-state index contributed by atoms with van der Waals surface area (Å²) in [7, 11) is 0. The highest BCUT2D eigenvalue weighted by Crippen LogP contribution is 2.40. The second-order valence-corrected chi connectivity index (χ2v) is 7.89. The highest BCUT2D eigenvalue weighted by atomic mass is 16.2. The van der Waals surface area contributed by atoms with Crippen molar-refractivity contribution in [3.05, 3.63) is 47.5 Å². The molecule has 27 heavy (non-hydrogen) atoms. The van der Waals surface area contributed by atoms with Gasteiger partial charge in [0.15, 0.2) is 0 Å². The quantitative estimate of drug-likeness (QED) is 0.642. The number of hydrogen-bond acceptors (Lipinski definition) is 3. The third kappa shape index (κ3) is 2.79. The van der Waals surface area contributed by atoms with Gasteiger partial charge in [0.25, 0.3) is 5.91 Å². The molecule has 0 bridgehead atoms. The van der Waals surface area contributed by atoms with Gasteiger partial charge in [-0.2, -0.15) is 0 Å². The Morgan fingerprint density at radius 3 is 2.70 bits per heavy atom. The Bertz CT molecular complexity index is 1040.